The Balaban J connectivity index is 1.99. The lowest BCUT2D eigenvalue weighted by molar-refractivity contribution is 0.716. The number of hydrogen-bond acceptors (Lipinski definition) is 3. The molecule has 1 saturated heterocycles. The summed E-state index contributed by atoms with van der Waals surface area (Å²) in [5.74, 6) is 0. The fourth-order valence-corrected chi connectivity index (χ4v) is 3.99. The van der Waals surface area contributed by atoms with Crippen LogP contribution in [0.15, 0.2) is 41.3 Å². The lowest BCUT2D eigenvalue weighted by Gasteiger charge is -2.29. The lowest BCUT2D eigenvalue weighted by atomic mass is 10.0. The molecule has 3 rings (SSSR count). The van der Waals surface area contributed by atoms with Crippen molar-refractivity contribution in [3.05, 3.63) is 58.1 Å². The van der Waals surface area contributed by atoms with Crippen molar-refractivity contribution < 1.29 is 0 Å². The summed E-state index contributed by atoms with van der Waals surface area (Å²) in [4.78, 5) is 3.73. The number of nitriles is 1. The minimum absolute atomic E-state index is 0.379. The number of hydrogen-bond donors (Lipinski definition) is 0. The van der Waals surface area contributed by atoms with Crippen molar-refractivity contribution in [1.82, 2.24) is 0 Å². The summed E-state index contributed by atoms with van der Waals surface area (Å²) in [5, 5.41) is 9.71. The maximum atomic E-state index is 9.14. The first-order chi connectivity index (χ1) is 11.2. The highest BCUT2D eigenvalue weighted by molar-refractivity contribution is 7.98. The number of benzene rings is 2. The Kier molecular flexibility index (Phi) is 4.84. The van der Waals surface area contributed by atoms with Gasteiger partial charge in [0.1, 0.15) is 6.07 Å². The van der Waals surface area contributed by atoms with Crippen molar-refractivity contribution in [2.45, 2.75) is 30.7 Å². The van der Waals surface area contributed by atoms with Crippen LogP contribution in [0.5, 0.6) is 0 Å². The van der Waals surface area contributed by atoms with E-state index in [1.54, 1.807) is 11.8 Å². The summed E-state index contributed by atoms with van der Waals surface area (Å²) in [6, 6.07) is 15.2. The average Bonchev–Trinajstić information content (AvgIpc) is 3.06. The predicted molar refractivity (Wildman–Crippen MR) is 98.4 cm³/mol. The first-order valence-electron chi connectivity index (χ1n) is 7.75. The van der Waals surface area contributed by atoms with Crippen molar-refractivity contribution in [1.29, 1.82) is 5.26 Å². The van der Waals surface area contributed by atoms with Crippen LogP contribution in [0.4, 0.5) is 5.69 Å². The molecule has 0 aliphatic carbocycles. The summed E-state index contributed by atoms with van der Waals surface area (Å²) in [6.45, 7) is 3.03. The van der Waals surface area contributed by atoms with E-state index in [1.165, 1.54) is 16.9 Å². The molecule has 1 heterocycles. The molecular formula is C19H19ClN2S. The van der Waals surface area contributed by atoms with Gasteiger partial charge in [0.25, 0.3) is 0 Å². The average molecular weight is 343 g/mol. The third kappa shape index (κ3) is 3.06. The van der Waals surface area contributed by atoms with Crippen molar-refractivity contribution in [2.24, 2.45) is 0 Å². The quantitative estimate of drug-likeness (QED) is 0.681. The largest absolute Gasteiger partial charge is 0.364 e. The number of halogens is 1. The van der Waals surface area contributed by atoms with Crippen molar-refractivity contribution in [3.8, 4) is 6.07 Å². The maximum Gasteiger partial charge on any atom is 0.101 e. The first kappa shape index (κ1) is 16.2. The Morgan fingerprint density at radius 2 is 2.13 bits per heavy atom. The van der Waals surface area contributed by atoms with Gasteiger partial charge in [-0.15, -0.1) is 11.8 Å². The minimum Gasteiger partial charge on any atom is -0.364 e. The Hall–Kier alpha value is -1.63. The van der Waals surface area contributed by atoms with Crippen LogP contribution in [0, 0.1) is 18.3 Å². The highest BCUT2D eigenvalue weighted by Gasteiger charge is 2.28. The van der Waals surface area contributed by atoms with Crippen LogP contribution in [-0.4, -0.2) is 12.8 Å². The summed E-state index contributed by atoms with van der Waals surface area (Å²) in [6.07, 6.45) is 4.43. The molecule has 2 aromatic rings. The van der Waals surface area contributed by atoms with Gasteiger partial charge in [0.15, 0.2) is 0 Å². The molecule has 0 spiro atoms. The maximum absolute atomic E-state index is 9.14. The fraction of sp³-hybridized carbons (Fsp3) is 0.316. The van der Waals surface area contributed by atoms with E-state index in [9.17, 15) is 0 Å². The summed E-state index contributed by atoms with van der Waals surface area (Å²) < 4.78 is 0. The lowest BCUT2D eigenvalue weighted by Crippen LogP contribution is -2.23. The van der Waals surface area contributed by atoms with Crippen LogP contribution in [-0.2, 0) is 0 Å². The highest BCUT2D eigenvalue weighted by atomic mass is 35.5. The van der Waals surface area contributed by atoms with Gasteiger partial charge in [0, 0.05) is 17.1 Å². The normalized spacial score (nSPS) is 17.3. The van der Waals surface area contributed by atoms with Crippen molar-refractivity contribution >= 4 is 29.1 Å². The summed E-state index contributed by atoms with van der Waals surface area (Å²) in [7, 11) is 0. The molecule has 118 valence electrons. The molecule has 1 unspecified atom stereocenters. The first-order valence-corrected chi connectivity index (χ1v) is 9.35. The molecular weight excluding hydrogens is 324 g/mol. The van der Waals surface area contributed by atoms with E-state index in [-0.39, 0.29) is 0 Å². The molecule has 2 nitrogen and oxygen atoms in total. The van der Waals surface area contributed by atoms with Crippen LogP contribution < -0.4 is 4.90 Å². The van der Waals surface area contributed by atoms with Crippen LogP contribution in [0.3, 0.4) is 0 Å². The smallest absolute Gasteiger partial charge is 0.101 e. The topological polar surface area (TPSA) is 27.0 Å². The highest BCUT2D eigenvalue weighted by Crippen LogP contribution is 2.40. The zero-order chi connectivity index (χ0) is 16.4. The van der Waals surface area contributed by atoms with E-state index in [4.69, 9.17) is 16.9 Å². The molecule has 2 aromatic carbocycles. The molecule has 1 aliphatic rings. The Morgan fingerprint density at radius 3 is 2.87 bits per heavy atom. The number of thioether (sulfide) groups is 1. The SMILES string of the molecule is CSc1cccc(C2CCCN2c2ccc(C#N)c(Cl)c2C)c1. The molecule has 23 heavy (non-hydrogen) atoms. The summed E-state index contributed by atoms with van der Waals surface area (Å²) in [5.41, 5.74) is 4.05. The predicted octanol–water partition coefficient (Wildman–Crippen LogP) is 5.58. The van der Waals surface area contributed by atoms with Crippen LogP contribution in [0.1, 0.15) is 35.6 Å². The van der Waals surface area contributed by atoms with E-state index in [2.05, 4.69) is 41.5 Å². The van der Waals surface area contributed by atoms with Crippen LogP contribution in [0.25, 0.3) is 0 Å². The zero-order valence-electron chi connectivity index (χ0n) is 13.3. The third-order valence-electron chi connectivity index (χ3n) is 4.52. The van der Waals surface area contributed by atoms with Gasteiger partial charge in [-0.3, -0.25) is 0 Å². The third-order valence-corrected chi connectivity index (χ3v) is 5.73. The van der Waals surface area contributed by atoms with E-state index in [0.717, 1.165) is 24.2 Å². The molecule has 0 amide bonds. The second-order valence-electron chi connectivity index (χ2n) is 5.81. The molecule has 0 bridgehead atoms. The molecule has 4 heteroatoms. The van der Waals surface area contributed by atoms with Gasteiger partial charge < -0.3 is 4.90 Å². The second kappa shape index (κ2) is 6.86. The van der Waals surface area contributed by atoms with Crippen LogP contribution >= 0.6 is 23.4 Å². The molecule has 1 fully saturated rings. The second-order valence-corrected chi connectivity index (χ2v) is 7.07. The van der Waals surface area contributed by atoms with E-state index in [1.807, 2.05) is 19.1 Å². The van der Waals surface area contributed by atoms with Gasteiger partial charge in [-0.2, -0.15) is 5.26 Å². The van der Waals surface area contributed by atoms with Gasteiger partial charge in [0.2, 0.25) is 0 Å². The van der Waals surface area contributed by atoms with Gasteiger partial charge in [0.05, 0.1) is 16.6 Å². The Labute approximate surface area is 147 Å². The Morgan fingerprint density at radius 1 is 1.30 bits per heavy atom. The molecule has 0 aromatic heterocycles. The van der Waals surface area contributed by atoms with E-state index in [0.29, 0.717) is 16.6 Å². The minimum atomic E-state index is 0.379. The molecule has 1 atom stereocenters. The van der Waals surface area contributed by atoms with Crippen molar-refractivity contribution in [2.75, 3.05) is 17.7 Å². The number of rotatable bonds is 3. The zero-order valence-corrected chi connectivity index (χ0v) is 14.9. The van der Waals surface area contributed by atoms with Gasteiger partial charge in [-0.05, 0) is 61.4 Å². The monoisotopic (exact) mass is 342 g/mol. The number of anilines is 1. The van der Waals surface area contributed by atoms with E-state index >= 15 is 0 Å². The number of nitrogens with zero attached hydrogens (tertiary/aromatic N) is 2. The van der Waals surface area contributed by atoms with E-state index < -0.39 is 0 Å². The Bertz CT molecular complexity index is 766. The molecule has 0 N–H and O–H groups in total. The summed E-state index contributed by atoms with van der Waals surface area (Å²) >= 11 is 8.14. The van der Waals surface area contributed by atoms with Gasteiger partial charge >= 0.3 is 0 Å². The standard InChI is InChI=1S/C19H19ClN2S/c1-13-17(9-8-15(12-21)19(13)20)22-10-4-7-18(22)14-5-3-6-16(11-14)23-2/h3,5-6,8-9,11,18H,4,7,10H2,1-2H3. The van der Waals surface area contributed by atoms with Crippen molar-refractivity contribution in [3.63, 3.8) is 0 Å². The van der Waals surface area contributed by atoms with Crippen LogP contribution in [0.2, 0.25) is 5.02 Å². The molecule has 0 radical (unpaired) electrons. The fourth-order valence-electron chi connectivity index (χ4n) is 3.32. The van der Waals surface area contributed by atoms with Gasteiger partial charge in [-0.25, -0.2) is 0 Å². The van der Waals surface area contributed by atoms with Gasteiger partial charge in [-0.1, -0.05) is 23.7 Å². The molecule has 1 aliphatic heterocycles. The molecule has 0 saturated carbocycles.